The Hall–Kier alpha value is -1.59. The van der Waals surface area contributed by atoms with Gasteiger partial charge in [0, 0.05) is 50.0 Å². The minimum absolute atomic E-state index is 0.0344. The van der Waals surface area contributed by atoms with Crippen molar-refractivity contribution in [1.29, 1.82) is 0 Å². The molecule has 0 radical (unpaired) electrons. The highest BCUT2D eigenvalue weighted by atomic mass is 16.5. The van der Waals surface area contributed by atoms with Crippen LogP contribution in [-0.2, 0) is 4.74 Å². The molecule has 27 heavy (non-hydrogen) atoms. The van der Waals surface area contributed by atoms with Crippen molar-refractivity contribution in [2.45, 2.75) is 46.1 Å². The highest BCUT2D eigenvalue weighted by Crippen LogP contribution is 2.25. The van der Waals surface area contributed by atoms with Gasteiger partial charge in [-0.05, 0) is 49.8 Å². The first-order valence-electron chi connectivity index (χ1n) is 10.5. The number of ether oxygens (including phenoxy) is 1. The Balaban J connectivity index is 1.64. The number of hydrogen-bond donors (Lipinski definition) is 1. The van der Waals surface area contributed by atoms with Gasteiger partial charge < -0.3 is 15.0 Å². The van der Waals surface area contributed by atoms with E-state index in [-0.39, 0.29) is 5.91 Å². The summed E-state index contributed by atoms with van der Waals surface area (Å²) < 4.78 is 5.47. The Morgan fingerprint density at radius 1 is 1.11 bits per heavy atom. The van der Waals surface area contributed by atoms with E-state index < -0.39 is 0 Å². The molecule has 2 aliphatic heterocycles. The molecule has 1 N–H and O–H groups in total. The van der Waals surface area contributed by atoms with Gasteiger partial charge >= 0.3 is 0 Å². The topological polar surface area (TPSA) is 44.8 Å². The molecular weight excluding hydrogens is 338 g/mol. The fraction of sp³-hybridized carbons (Fsp3) is 0.682. The molecule has 1 atom stereocenters. The fourth-order valence-electron chi connectivity index (χ4n) is 4.22. The van der Waals surface area contributed by atoms with Crippen molar-refractivity contribution in [2.75, 3.05) is 50.8 Å². The highest BCUT2D eigenvalue weighted by molar-refractivity contribution is 5.95. The van der Waals surface area contributed by atoms with Gasteiger partial charge in [-0.3, -0.25) is 9.69 Å². The van der Waals surface area contributed by atoms with Gasteiger partial charge in [0.25, 0.3) is 5.91 Å². The van der Waals surface area contributed by atoms with Crippen LogP contribution in [0.4, 0.5) is 5.69 Å². The van der Waals surface area contributed by atoms with Crippen molar-refractivity contribution < 1.29 is 9.53 Å². The van der Waals surface area contributed by atoms with Crippen LogP contribution in [-0.4, -0.2) is 62.8 Å². The number of carbonyl (C=O) groups is 1. The Kier molecular flexibility index (Phi) is 7.13. The highest BCUT2D eigenvalue weighted by Gasteiger charge is 2.24. The van der Waals surface area contributed by atoms with Crippen molar-refractivity contribution >= 4 is 11.6 Å². The lowest BCUT2D eigenvalue weighted by atomic mass is 10.0. The van der Waals surface area contributed by atoms with Gasteiger partial charge in [-0.15, -0.1) is 0 Å². The predicted octanol–water partition coefficient (Wildman–Crippen LogP) is 3.07. The number of amides is 1. The number of rotatable bonds is 6. The zero-order valence-corrected chi connectivity index (χ0v) is 17.2. The number of anilines is 1. The van der Waals surface area contributed by atoms with Crippen LogP contribution in [0, 0.1) is 12.8 Å². The van der Waals surface area contributed by atoms with E-state index in [1.165, 1.54) is 30.5 Å². The maximum absolute atomic E-state index is 12.8. The molecule has 2 heterocycles. The molecule has 1 aromatic rings. The first-order chi connectivity index (χ1) is 13.1. The Morgan fingerprint density at radius 2 is 1.81 bits per heavy atom. The molecule has 2 aliphatic rings. The van der Waals surface area contributed by atoms with E-state index in [1.54, 1.807) is 0 Å². The second-order valence-corrected chi connectivity index (χ2v) is 8.22. The molecule has 0 unspecified atom stereocenters. The summed E-state index contributed by atoms with van der Waals surface area (Å²) in [5, 5.41) is 3.19. The van der Waals surface area contributed by atoms with Crippen molar-refractivity contribution in [3.05, 3.63) is 29.3 Å². The zero-order valence-electron chi connectivity index (χ0n) is 17.2. The average molecular weight is 374 g/mol. The van der Waals surface area contributed by atoms with E-state index in [9.17, 15) is 4.79 Å². The molecule has 0 aliphatic carbocycles. The maximum Gasteiger partial charge on any atom is 0.251 e. The molecular formula is C22H35N3O2. The molecule has 5 heteroatoms. The fourth-order valence-corrected chi connectivity index (χ4v) is 4.22. The van der Waals surface area contributed by atoms with Crippen LogP contribution < -0.4 is 10.2 Å². The Morgan fingerprint density at radius 3 is 2.48 bits per heavy atom. The number of hydrogen-bond acceptors (Lipinski definition) is 4. The number of nitrogens with one attached hydrogen (secondary N) is 1. The Bertz CT molecular complexity index is 620. The van der Waals surface area contributed by atoms with E-state index in [0.717, 1.165) is 45.0 Å². The quantitative estimate of drug-likeness (QED) is 0.832. The minimum atomic E-state index is 0.0344. The van der Waals surface area contributed by atoms with Gasteiger partial charge in [-0.25, -0.2) is 0 Å². The lowest BCUT2D eigenvalue weighted by molar-refractivity contribution is 0.00673. The third-order valence-electron chi connectivity index (χ3n) is 5.92. The summed E-state index contributed by atoms with van der Waals surface area (Å²) in [6.45, 7) is 12.9. The van der Waals surface area contributed by atoms with E-state index in [4.69, 9.17) is 4.74 Å². The first-order valence-corrected chi connectivity index (χ1v) is 10.5. The van der Waals surface area contributed by atoms with Gasteiger partial charge in [-0.2, -0.15) is 0 Å². The molecule has 0 spiro atoms. The summed E-state index contributed by atoms with van der Waals surface area (Å²) in [4.78, 5) is 17.7. The molecule has 0 saturated carbocycles. The average Bonchev–Trinajstić information content (AvgIpc) is 2.69. The third-order valence-corrected chi connectivity index (χ3v) is 5.92. The molecule has 0 bridgehead atoms. The maximum atomic E-state index is 12.8. The lowest BCUT2D eigenvalue weighted by Gasteiger charge is -2.37. The molecule has 150 valence electrons. The predicted molar refractivity (Wildman–Crippen MR) is 111 cm³/mol. The molecule has 0 aromatic heterocycles. The largest absolute Gasteiger partial charge is 0.379 e. The van der Waals surface area contributed by atoms with E-state index in [0.29, 0.717) is 18.5 Å². The third kappa shape index (κ3) is 5.23. The number of aryl methyl sites for hydroxylation is 1. The second kappa shape index (κ2) is 9.56. The molecule has 1 amide bonds. The van der Waals surface area contributed by atoms with Crippen LogP contribution in [0.1, 0.15) is 49.0 Å². The zero-order chi connectivity index (χ0) is 19.2. The van der Waals surface area contributed by atoms with Gasteiger partial charge in [0.05, 0.1) is 13.2 Å². The van der Waals surface area contributed by atoms with E-state index in [2.05, 4.69) is 48.0 Å². The van der Waals surface area contributed by atoms with Crippen LogP contribution >= 0.6 is 0 Å². The molecule has 1 aromatic carbocycles. The summed E-state index contributed by atoms with van der Waals surface area (Å²) in [5.41, 5.74) is 3.24. The minimum Gasteiger partial charge on any atom is -0.379 e. The monoisotopic (exact) mass is 373 g/mol. The summed E-state index contributed by atoms with van der Waals surface area (Å²) in [6.07, 6.45) is 3.80. The number of nitrogens with zero attached hydrogens (tertiary/aromatic N) is 2. The van der Waals surface area contributed by atoms with Crippen LogP contribution in [0.3, 0.4) is 0 Å². The number of morpholine rings is 1. The normalized spacial score (nSPS) is 19.9. The van der Waals surface area contributed by atoms with E-state index >= 15 is 0 Å². The molecule has 5 nitrogen and oxygen atoms in total. The number of carbonyl (C=O) groups excluding carboxylic acids is 1. The Labute approximate surface area is 164 Å². The lowest BCUT2D eigenvalue weighted by Crippen LogP contribution is -2.51. The molecule has 3 rings (SSSR count). The van der Waals surface area contributed by atoms with Crippen LogP contribution in [0.5, 0.6) is 0 Å². The summed E-state index contributed by atoms with van der Waals surface area (Å²) in [5.74, 6) is 0.525. The standard InChI is InChI=1S/C22H35N3O2/c1-17(2)21(25-11-13-27-14-12-25)16-23-22(26)19-8-7-18(3)20(15-19)24-9-5-4-6-10-24/h7-8,15,17,21H,4-6,9-14,16H2,1-3H3,(H,23,26)/t21-/m0/s1. The summed E-state index contributed by atoms with van der Waals surface area (Å²) in [7, 11) is 0. The van der Waals surface area contributed by atoms with Crippen molar-refractivity contribution in [3.63, 3.8) is 0 Å². The van der Waals surface area contributed by atoms with Crippen molar-refractivity contribution in [2.24, 2.45) is 5.92 Å². The van der Waals surface area contributed by atoms with E-state index in [1.807, 2.05) is 6.07 Å². The first kappa shape index (κ1) is 20.2. The van der Waals surface area contributed by atoms with Crippen LogP contribution in [0.25, 0.3) is 0 Å². The smallest absolute Gasteiger partial charge is 0.251 e. The number of benzene rings is 1. The van der Waals surface area contributed by atoms with Gasteiger partial charge in [0.15, 0.2) is 0 Å². The van der Waals surface area contributed by atoms with Gasteiger partial charge in [-0.1, -0.05) is 19.9 Å². The summed E-state index contributed by atoms with van der Waals surface area (Å²) >= 11 is 0. The molecule has 2 saturated heterocycles. The summed E-state index contributed by atoms with van der Waals surface area (Å²) in [6, 6.07) is 6.47. The SMILES string of the molecule is Cc1ccc(C(=O)NC[C@@H](C(C)C)N2CCOCC2)cc1N1CCCCC1. The second-order valence-electron chi connectivity index (χ2n) is 8.22. The van der Waals surface area contributed by atoms with Crippen molar-refractivity contribution in [3.8, 4) is 0 Å². The van der Waals surface area contributed by atoms with Gasteiger partial charge in [0.1, 0.15) is 0 Å². The molecule has 2 fully saturated rings. The van der Waals surface area contributed by atoms with Gasteiger partial charge in [0.2, 0.25) is 0 Å². The van der Waals surface area contributed by atoms with Crippen LogP contribution in [0.2, 0.25) is 0 Å². The van der Waals surface area contributed by atoms with Crippen LogP contribution in [0.15, 0.2) is 18.2 Å². The number of piperidine rings is 1. The van der Waals surface area contributed by atoms with Crippen molar-refractivity contribution in [1.82, 2.24) is 10.2 Å².